The number of phenolic OH excluding ortho intramolecular Hbond substituents is 1. The van der Waals surface area contributed by atoms with Crippen molar-refractivity contribution < 1.29 is 24.1 Å². The van der Waals surface area contributed by atoms with Gasteiger partial charge in [0.25, 0.3) is 0 Å². The van der Waals surface area contributed by atoms with Gasteiger partial charge in [-0.2, -0.15) is 0 Å². The minimum Gasteiger partial charge on any atom is -0.504 e. The van der Waals surface area contributed by atoms with Gasteiger partial charge in [0.2, 0.25) is 0 Å². The second kappa shape index (κ2) is 8.54. The van der Waals surface area contributed by atoms with Crippen molar-refractivity contribution in [2.24, 2.45) is 0 Å². The number of carbonyl (C=O) groups is 1. The van der Waals surface area contributed by atoms with E-state index in [0.717, 1.165) is 18.4 Å². The molecule has 0 aliphatic carbocycles. The number of esters is 1. The normalized spacial score (nSPS) is 18.5. The van der Waals surface area contributed by atoms with Crippen molar-refractivity contribution in [2.45, 2.75) is 38.6 Å². The Morgan fingerprint density at radius 3 is 3.00 bits per heavy atom. The van der Waals surface area contributed by atoms with E-state index >= 15 is 0 Å². The van der Waals surface area contributed by atoms with Crippen LogP contribution in [-0.2, 0) is 20.8 Å². The molecule has 0 radical (unpaired) electrons. The largest absolute Gasteiger partial charge is 0.504 e. The molecule has 3 aromatic rings. The average molecular weight is 413 g/mol. The van der Waals surface area contributed by atoms with Crippen LogP contribution in [0.1, 0.15) is 31.6 Å². The standard InChI is InChI=1S/C20H23N5O5/c1-12(26)29-9-14-4-6-17(30-14)25-11-24-18-19(22-10-23-20(18)25)21-8-13-3-5-15(27)16(7-13)28-2/h3,5,7,10-11,14,17,27H,4,6,8-9H2,1-2H3,(H,21,22,23)/t14-,17+/m0/s1. The van der Waals surface area contributed by atoms with Gasteiger partial charge in [0.1, 0.15) is 19.2 Å². The van der Waals surface area contributed by atoms with E-state index in [2.05, 4.69) is 20.3 Å². The van der Waals surface area contributed by atoms with Crippen LogP contribution < -0.4 is 10.1 Å². The molecule has 2 atom stereocenters. The van der Waals surface area contributed by atoms with Crippen LogP contribution in [0.25, 0.3) is 11.2 Å². The topological polar surface area (TPSA) is 121 Å². The van der Waals surface area contributed by atoms with Gasteiger partial charge in [0, 0.05) is 13.5 Å². The van der Waals surface area contributed by atoms with E-state index in [1.54, 1.807) is 24.5 Å². The van der Waals surface area contributed by atoms with Crippen LogP contribution in [0.3, 0.4) is 0 Å². The second-order valence-electron chi connectivity index (χ2n) is 7.00. The number of hydrogen-bond acceptors (Lipinski definition) is 9. The highest BCUT2D eigenvalue weighted by atomic mass is 16.6. The first-order valence-electron chi connectivity index (χ1n) is 9.61. The van der Waals surface area contributed by atoms with E-state index in [1.165, 1.54) is 20.4 Å². The molecule has 0 spiro atoms. The summed E-state index contributed by atoms with van der Waals surface area (Å²) >= 11 is 0. The summed E-state index contributed by atoms with van der Waals surface area (Å²) in [5.41, 5.74) is 2.22. The van der Waals surface area contributed by atoms with Gasteiger partial charge in [-0.3, -0.25) is 9.36 Å². The number of anilines is 1. The van der Waals surface area contributed by atoms with Gasteiger partial charge in [-0.05, 0) is 30.5 Å². The Labute approximate surface area is 172 Å². The molecule has 4 rings (SSSR count). The van der Waals surface area contributed by atoms with Gasteiger partial charge in [0.05, 0.1) is 19.5 Å². The number of phenols is 1. The van der Waals surface area contributed by atoms with Gasteiger partial charge in [-0.25, -0.2) is 15.0 Å². The molecule has 2 aromatic heterocycles. The fourth-order valence-corrected chi connectivity index (χ4v) is 3.43. The van der Waals surface area contributed by atoms with Crippen molar-refractivity contribution >= 4 is 23.0 Å². The van der Waals surface area contributed by atoms with E-state index in [0.29, 0.717) is 29.3 Å². The van der Waals surface area contributed by atoms with Crippen LogP contribution in [0.2, 0.25) is 0 Å². The Bertz CT molecular complexity index is 1050. The molecular formula is C20H23N5O5. The molecule has 1 aliphatic rings. The number of fused-ring (bicyclic) bond motifs is 1. The van der Waals surface area contributed by atoms with Gasteiger partial charge in [-0.1, -0.05) is 6.07 Å². The number of carbonyl (C=O) groups excluding carboxylic acids is 1. The molecule has 3 heterocycles. The molecule has 0 amide bonds. The maximum atomic E-state index is 11.0. The molecular weight excluding hydrogens is 390 g/mol. The lowest BCUT2D eigenvalue weighted by Crippen LogP contribution is -2.18. The number of nitrogens with one attached hydrogen (secondary N) is 1. The van der Waals surface area contributed by atoms with E-state index in [1.807, 2.05) is 4.57 Å². The number of aromatic nitrogens is 4. The zero-order valence-electron chi connectivity index (χ0n) is 16.7. The SMILES string of the molecule is COc1cc(CNc2ncnc3c2ncn3[C@H]2CC[C@@H](COC(C)=O)O2)ccc1O. The summed E-state index contributed by atoms with van der Waals surface area (Å²) in [4.78, 5) is 24.2. The average Bonchev–Trinajstić information content (AvgIpc) is 3.38. The predicted octanol–water partition coefficient (Wildman–Crippen LogP) is 2.39. The number of nitrogens with zero attached hydrogens (tertiary/aromatic N) is 4. The highest BCUT2D eigenvalue weighted by Crippen LogP contribution is 2.32. The molecule has 1 aliphatic heterocycles. The van der Waals surface area contributed by atoms with Crippen LogP contribution in [0.5, 0.6) is 11.5 Å². The number of aromatic hydroxyl groups is 1. The molecule has 10 nitrogen and oxygen atoms in total. The third-order valence-electron chi connectivity index (χ3n) is 4.93. The molecule has 2 N–H and O–H groups in total. The van der Waals surface area contributed by atoms with Gasteiger partial charge in [0.15, 0.2) is 28.5 Å². The number of imidazole rings is 1. The van der Waals surface area contributed by atoms with Crippen LogP contribution in [-0.4, -0.2) is 50.4 Å². The number of benzene rings is 1. The lowest BCUT2D eigenvalue weighted by atomic mass is 10.2. The first-order chi connectivity index (χ1) is 14.5. The number of ether oxygens (including phenoxy) is 3. The zero-order valence-corrected chi connectivity index (χ0v) is 16.7. The van der Waals surface area contributed by atoms with Crippen molar-refractivity contribution in [3.8, 4) is 11.5 Å². The Balaban J connectivity index is 1.48. The van der Waals surface area contributed by atoms with E-state index in [9.17, 15) is 9.90 Å². The molecule has 1 aromatic carbocycles. The molecule has 1 saturated heterocycles. The lowest BCUT2D eigenvalue weighted by Gasteiger charge is -2.15. The Morgan fingerprint density at radius 2 is 2.20 bits per heavy atom. The minimum atomic E-state index is -0.315. The summed E-state index contributed by atoms with van der Waals surface area (Å²) in [6, 6.07) is 5.15. The van der Waals surface area contributed by atoms with Crippen molar-refractivity contribution in [3.63, 3.8) is 0 Å². The zero-order chi connectivity index (χ0) is 21.1. The Morgan fingerprint density at radius 1 is 1.33 bits per heavy atom. The van der Waals surface area contributed by atoms with Gasteiger partial charge >= 0.3 is 5.97 Å². The molecule has 30 heavy (non-hydrogen) atoms. The first kappa shape index (κ1) is 19.9. The van der Waals surface area contributed by atoms with Crippen molar-refractivity contribution in [1.82, 2.24) is 19.5 Å². The number of methoxy groups -OCH3 is 1. The van der Waals surface area contributed by atoms with Crippen molar-refractivity contribution in [1.29, 1.82) is 0 Å². The number of hydrogen-bond donors (Lipinski definition) is 2. The quantitative estimate of drug-likeness (QED) is 0.562. The van der Waals surface area contributed by atoms with E-state index in [4.69, 9.17) is 14.2 Å². The minimum absolute atomic E-state index is 0.0907. The Hall–Kier alpha value is -3.40. The third kappa shape index (κ3) is 4.13. The predicted molar refractivity (Wildman–Crippen MR) is 107 cm³/mol. The van der Waals surface area contributed by atoms with Gasteiger partial charge in [-0.15, -0.1) is 0 Å². The highest BCUT2D eigenvalue weighted by Gasteiger charge is 2.29. The van der Waals surface area contributed by atoms with Gasteiger partial charge < -0.3 is 24.6 Å². The smallest absolute Gasteiger partial charge is 0.302 e. The van der Waals surface area contributed by atoms with Crippen LogP contribution in [0, 0.1) is 0 Å². The highest BCUT2D eigenvalue weighted by molar-refractivity contribution is 5.82. The maximum Gasteiger partial charge on any atom is 0.302 e. The van der Waals surface area contributed by atoms with Crippen LogP contribution in [0.15, 0.2) is 30.9 Å². The summed E-state index contributed by atoms with van der Waals surface area (Å²) in [5, 5.41) is 13.0. The molecule has 158 valence electrons. The summed E-state index contributed by atoms with van der Waals surface area (Å²) < 4.78 is 18.1. The first-order valence-corrected chi connectivity index (χ1v) is 9.61. The molecule has 1 fully saturated rings. The summed E-state index contributed by atoms with van der Waals surface area (Å²) in [5.74, 6) is 0.783. The van der Waals surface area contributed by atoms with Crippen molar-refractivity contribution in [3.05, 3.63) is 36.4 Å². The maximum absolute atomic E-state index is 11.0. The molecule has 10 heteroatoms. The van der Waals surface area contributed by atoms with Crippen LogP contribution in [0.4, 0.5) is 5.82 Å². The van der Waals surface area contributed by atoms with E-state index < -0.39 is 0 Å². The number of rotatable bonds is 7. The summed E-state index contributed by atoms with van der Waals surface area (Å²) in [7, 11) is 1.51. The molecule has 0 unspecified atom stereocenters. The van der Waals surface area contributed by atoms with E-state index in [-0.39, 0.29) is 30.7 Å². The monoisotopic (exact) mass is 413 g/mol. The second-order valence-corrected chi connectivity index (χ2v) is 7.00. The lowest BCUT2D eigenvalue weighted by molar-refractivity contribution is -0.145. The fourth-order valence-electron chi connectivity index (χ4n) is 3.43. The summed E-state index contributed by atoms with van der Waals surface area (Å²) in [6.07, 6.45) is 4.37. The third-order valence-corrected chi connectivity index (χ3v) is 4.93. The summed E-state index contributed by atoms with van der Waals surface area (Å²) in [6.45, 7) is 2.10. The molecule has 0 saturated carbocycles. The van der Waals surface area contributed by atoms with Crippen molar-refractivity contribution in [2.75, 3.05) is 19.0 Å². The molecule has 0 bridgehead atoms. The Kier molecular flexibility index (Phi) is 5.66. The van der Waals surface area contributed by atoms with Crippen LogP contribution >= 0.6 is 0 Å². The fraction of sp³-hybridized carbons (Fsp3) is 0.400.